The molecule has 110 valence electrons. The first-order chi connectivity index (χ1) is 10.8. The minimum atomic E-state index is 0.381. The third-order valence-corrected chi connectivity index (χ3v) is 4.73. The summed E-state index contributed by atoms with van der Waals surface area (Å²) in [7, 11) is 0. The first-order valence-corrected chi connectivity index (χ1v) is 8.01. The van der Waals surface area contributed by atoms with Crippen LogP contribution in [0, 0.1) is 4.77 Å². The molecular weight excluding hydrogens is 314 g/mol. The molecule has 1 aliphatic carbocycles. The van der Waals surface area contributed by atoms with Crippen LogP contribution in [-0.2, 0) is 0 Å². The van der Waals surface area contributed by atoms with Gasteiger partial charge in [-0.05, 0) is 42.3 Å². The molecule has 22 heavy (non-hydrogen) atoms. The van der Waals surface area contributed by atoms with E-state index in [0.717, 1.165) is 17.9 Å². The van der Waals surface area contributed by atoms with Crippen molar-refractivity contribution >= 4 is 23.8 Å². The van der Waals surface area contributed by atoms with Gasteiger partial charge in [0.2, 0.25) is 0 Å². The molecule has 0 amide bonds. The number of hydrogen-bond acceptors (Lipinski definition) is 2. The number of hydrogen-bond donors (Lipinski definition) is 1. The van der Waals surface area contributed by atoms with Crippen LogP contribution in [0.25, 0.3) is 5.69 Å². The highest BCUT2D eigenvalue weighted by atomic mass is 35.5. The summed E-state index contributed by atoms with van der Waals surface area (Å²) in [5.41, 5.74) is 2.24. The number of nitrogens with one attached hydrogen (secondary N) is 1. The van der Waals surface area contributed by atoms with Gasteiger partial charge in [0.25, 0.3) is 0 Å². The number of H-pyrrole nitrogens is 1. The van der Waals surface area contributed by atoms with E-state index < -0.39 is 0 Å². The second-order valence-corrected chi connectivity index (χ2v) is 6.33. The van der Waals surface area contributed by atoms with Gasteiger partial charge in [0, 0.05) is 5.92 Å². The van der Waals surface area contributed by atoms with Gasteiger partial charge < -0.3 is 0 Å². The maximum Gasteiger partial charge on any atom is 0.199 e. The molecule has 1 aliphatic rings. The molecule has 1 saturated carbocycles. The SMILES string of the molecule is S=c1[nH]nc([C@H]2C[C@@H]2c2ccccc2)n1-c1ccccc1Cl. The summed E-state index contributed by atoms with van der Waals surface area (Å²) in [5.74, 6) is 1.85. The lowest BCUT2D eigenvalue weighted by atomic mass is 10.1. The van der Waals surface area contributed by atoms with Gasteiger partial charge in [-0.3, -0.25) is 9.67 Å². The van der Waals surface area contributed by atoms with Gasteiger partial charge in [0.15, 0.2) is 4.77 Å². The maximum absolute atomic E-state index is 6.33. The smallest absolute Gasteiger partial charge is 0.199 e. The zero-order valence-corrected chi connectivity index (χ0v) is 13.3. The Kier molecular flexibility index (Phi) is 3.36. The van der Waals surface area contributed by atoms with Crippen LogP contribution in [-0.4, -0.2) is 14.8 Å². The average Bonchev–Trinajstić information content (AvgIpc) is 3.25. The molecule has 5 heteroatoms. The van der Waals surface area contributed by atoms with E-state index in [9.17, 15) is 0 Å². The van der Waals surface area contributed by atoms with Gasteiger partial charge >= 0.3 is 0 Å². The molecule has 0 aliphatic heterocycles. The average molecular weight is 328 g/mol. The number of nitrogens with zero attached hydrogens (tertiary/aromatic N) is 2. The van der Waals surface area contributed by atoms with E-state index in [1.54, 1.807) is 0 Å². The van der Waals surface area contributed by atoms with Crippen molar-refractivity contribution in [1.82, 2.24) is 14.8 Å². The largest absolute Gasteiger partial charge is 0.270 e. The highest BCUT2D eigenvalue weighted by Gasteiger charge is 2.43. The van der Waals surface area contributed by atoms with E-state index in [0.29, 0.717) is 21.6 Å². The molecule has 0 unspecified atom stereocenters. The number of benzene rings is 2. The Morgan fingerprint density at radius 3 is 2.55 bits per heavy atom. The molecule has 1 N–H and O–H groups in total. The molecular formula is C17H14ClN3S. The predicted octanol–water partition coefficient (Wildman–Crippen LogP) is 4.85. The molecule has 1 aromatic heterocycles. The number of para-hydroxylation sites is 1. The Balaban J connectivity index is 1.74. The first kappa shape index (κ1) is 13.7. The van der Waals surface area contributed by atoms with Gasteiger partial charge in [-0.1, -0.05) is 54.1 Å². The molecule has 2 atom stereocenters. The molecule has 1 heterocycles. The van der Waals surface area contributed by atoms with E-state index in [1.807, 2.05) is 34.9 Å². The van der Waals surface area contributed by atoms with E-state index in [4.69, 9.17) is 23.8 Å². The Labute approximate surface area is 138 Å². The molecule has 2 aromatic carbocycles. The molecule has 3 aromatic rings. The monoisotopic (exact) mass is 327 g/mol. The van der Waals surface area contributed by atoms with E-state index in [2.05, 4.69) is 34.5 Å². The quantitative estimate of drug-likeness (QED) is 0.697. The summed E-state index contributed by atoms with van der Waals surface area (Å²) >= 11 is 11.7. The van der Waals surface area contributed by atoms with Crippen molar-refractivity contribution in [1.29, 1.82) is 0 Å². The summed E-state index contributed by atoms with van der Waals surface area (Å²) in [4.78, 5) is 0. The Hall–Kier alpha value is -1.91. The lowest BCUT2D eigenvalue weighted by Gasteiger charge is -2.08. The van der Waals surface area contributed by atoms with Crippen molar-refractivity contribution in [2.45, 2.75) is 18.3 Å². The number of aromatic nitrogens is 3. The normalized spacial score (nSPS) is 20.0. The van der Waals surface area contributed by atoms with Crippen LogP contribution >= 0.6 is 23.8 Å². The molecule has 0 radical (unpaired) electrons. The highest BCUT2D eigenvalue weighted by Crippen LogP contribution is 2.54. The fourth-order valence-corrected chi connectivity index (χ4v) is 3.43. The van der Waals surface area contributed by atoms with Crippen molar-refractivity contribution < 1.29 is 0 Å². The highest BCUT2D eigenvalue weighted by molar-refractivity contribution is 7.71. The Morgan fingerprint density at radius 2 is 1.77 bits per heavy atom. The van der Waals surface area contributed by atoms with Crippen molar-refractivity contribution in [2.24, 2.45) is 0 Å². The van der Waals surface area contributed by atoms with Gasteiger partial charge in [0.1, 0.15) is 5.82 Å². The number of rotatable bonds is 3. The fourth-order valence-electron chi connectivity index (χ4n) is 2.97. The second-order valence-electron chi connectivity index (χ2n) is 5.53. The van der Waals surface area contributed by atoms with Crippen LogP contribution in [0.3, 0.4) is 0 Å². The molecule has 1 fully saturated rings. The zero-order chi connectivity index (χ0) is 15.1. The number of halogens is 1. The summed E-state index contributed by atoms with van der Waals surface area (Å²) in [5, 5.41) is 8.05. The first-order valence-electron chi connectivity index (χ1n) is 7.23. The summed E-state index contributed by atoms with van der Waals surface area (Å²) in [6, 6.07) is 18.3. The van der Waals surface area contributed by atoms with E-state index in [1.165, 1.54) is 5.56 Å². The molecule has 4 rings (SSSR count). The minimum Gasteiger partial charge on any atom is -0.270 e. The van der Waals surface area contributed by atoms with Crippen LogP contribution in [0.15, 0.2) is 54.6 Å². The van der Waals surface area contributed by atoms with Crippen molar-refractivity contribution in [3.05, 3.63) is 75.8 Å². The summed E-state index contributed by atoms with van der Waals surface area (Å²) in [6.45, 7) is 0. The van der Waals surface area contributed by atoms with Crippen LogP contribution in [0.2, 0.25) is 5.02 Å². The standard InChI is InChI=1S/C17H14ClN3S/c18-14-8-4-5-9-15(14)21-16(19-20-17(21)22)13-10-12(13)11-6-2-1-3-7-11/h1-9,12-13H,10H2,(H,20,22)/t12-,13+/m1/s1. The second kappa shape index (κ2) is 5.38. The third-order valence-electron chi connectivity index (χ3n) is 4.14. The van der Waals surface area contributed by atoms with Gasteiger partial charge in [-0.2, -0.15) is 5.10 Å². The van der Waals surface area contributed by atoms with Crippen molar-refractivity contribution in [3.63, 3.8) is 0 Å². The summed E-state index contributed by atoms with van der Waals surface area (Å²) < 4.78 is 2.55. The van der Waals surface area contributed by atoms with Crippen LogP contribution in [0.4, 0.5) is 0 Å². The zero-order valence-electron chi connectivity index (χ0n) is 11.7. The summed E-state index contributed by atoms with van der Waals surface area (Å²) in [6.07, 6.45) is 1.09. The van der Waals surface area contributed by atoms with Gasteiger partial charge in [0.05, 0.1) is 10.7 Å². The minimum absolute atomic E-state index is 0.381. The van der Waals surface area contributed by atoms with Crippen molar-refractivity contribution in [2.75, 3.05) is 0 Å². The third kappa shape index (κ3) is 2.28. The molecule has 3 nitrogen and oxygen atoms in total. The van der Waals surface area contributed by atoms with Crippen LogP contribution < -0.4 is 0 Å². The molecule has 0 bridgehead atoms. The maximum atomic E-state index is 6.33. The van der Waals surface area contributed by atoms with Gasteiger partial charge in [-0.25, -0.2) is 0 Å². The predicted molar refractivity (Wildman–Crippen MR) is 90.3 cm³/mol. The lowest BCUT2D eigenvalue weighted by molar-refractivity contribution is 0.846. The van der Waals surface area contributed by atoms with Crippen molar-refractivity contribution in [3.8, 4) is 5.69 Å². The van der Waals surface area contributed by atoms with Crippen LogP contribution in [0.5, 0.6) is 0 Å². The Morgan fingerprint density at radius 1 is 1.05 bits per heavy atom. The fraction of sp³-hybridized carbons (Fsp3) is 0.176. The van der Waals surface area contributed by atoms with E-state index >= 15 is 0 Å². The molecule has 0 spiro atoms. The topological polar surface area (TPSA) is 33.6 Å². The van der Waals surface area contributed by atoms with Crippen LogP contribution in [0.1, 0.15) is 29.6 Å². The number of aromatic amines is 1. The molecule has 0 saturated heterocycles. The van der Waals surface area contributed by atoms with Gasteiger partial charge in [-0.15, -0.1) is 0 Å². The Bertz CT molecular complexity index is 869. The van der Waals surface area contributed by atoms with E-state index in [-0.39, 0.29) is 0 Å². The lowest BCUT2D eigenvalue weighted by Crippen LogP contribution is -2.01.